The number of nitrogens with one attached hydrogen (secondary N) is 3. The zero-order valence-corrected chi connectivity index (χ0v) is 23.5. The first-order valence-corrected chi connectivity index (χ1v) is 14.4. The number of hydrogen-bond donors (Lipinski definition) is 3. The number of anilines is 2. The fourth-order valence-corrected chi connectivity index (χ4v) is 5.68. The van der Waals surface area contributed by atoms with E-state index in [1.807, 2.05) is 48.7 Å². The van der Waals surface area contributed by atoms with Gasteiger partial charge in [0, 0.05) is 61.4 Å². The first kappa shape index (κ1) is 27.6. The molecule has 2 fully saturated rings. The molecule has 5 heterocycles. The third kappa shape index (κ3) is 6.35. The minimum absolute atomic E-state index is 0.102. The van der Waals surface area contributed by atoms with Crippen molar-refractivity contribution in [2.24, 2.45) is 0 Å². The highest BCUT2D eigenvalue weighted by atomic mass is 16.5. The van der Waals surface area contributed by atoms with Crippen molar-refractivity contribution < 1.29 is 14.3 Å². The van der Waals surface area contributed by atoms with Crippen molar-refractivity contribution >= 4 is 34.2 Å². The molecule has 2 amide bonds. The van der Waals surface area contributed by atoms with Crippen LogP contribution in [0.15, 0.2) is 73.6 Å². The van der Waals surface area contributed by atoms with Crippen LogP contribution < -0.4 is 15.5 Å². The smallest absolute Gasteiger partial charge is 0.274 e. The summed E-state index contributed by atoms with van der Waals surface area (Å²) in [5, 5.41) is 7.05. The monoisotopic (exact) mass is 565 g/mol. The van der Waals surface area contributed by atoms with E-state index in [4.69, 9.17) is 4.74 Å². The molecule has 3 N–H and O–H groups in total. The summed E-state index contributed by atoms with van der Waals surface area (Å²) in [5.41, 5.74) is 5.10. The summed E-state index contributed by atoms with van der Waals surface area (Å²) in [6, 6.07) is 15.8. The minimum Gasteiger partial charge on any atom is -0.378 e. The van der Waals surface area contributed by atoms with Gasteiger partial charge in [-0.2, -0.15) is 0 Å². The van der Waals surface area contributed by atoms with Crippen LogP contribution in [0.4, 0.5) is 11.5 Å². The van der Waals surface area contributed by atoms with E-state index in [0.29, 0.717) is 31.1 Å². The van der Waals surface area contributed by atoms with E-state index >= 15 is 0 Å². The summed E-state index contributed by atoms with van der Waals surface area (Å²) in [6.45, 7) is 8.99. The first-order valence-electron chi connectivity index (χ1n) is 14.4. The Labute approximate surface area is 244 Å². The molecule has 0 aliphatic carbocycles. The predicted octanol–water partition coefficient (Wildman–Crippen LogP) is 3.98. The third-order valence-corrected chi connectivity index (χ3v) is 7.79. The normalized spacial score (nSPS) is 17.6. The Hall–Kier alpha value is -4.54. The van der Waals surface area contributed by atoms with Crippen molar-refractivity contribution in [3.05, 3.63) is 84.8 Å². The van der Waals surface area contributed by atoms with Crippen molar-refractivity contribution in [2.75, 3.05) is 49.6 Å². The molecule has 3 aromatic heterocycles. The Balaban J connectivity index is 1.10. The maximum atomic E-state index is 13.1. The topological polar surface area (TPSA) is 115 Å². The second-order valence-electron chi connectivity index (χ2n) is 10.7. The Bertz CT molecular complexity index is 1580. The molecule has 0 spiro atoms. The van der Waals surface area contributed by atoms with Crippen LogP contribution in [-0.2, 0) is 16.1 Å². The van der Waals surface area contributed by atoms with Crippen LogP contribution in [-0.4, -0.2) is 77.1 Å². The van der Waals surface area contributed by atoms with Crippen molar-refractivity contribution in [3.8, 4) is 11.3 Å². The van der Waals surface area contributed by atoms with E-state index in [1.165, 1.54) is 6.08 Å². The van der Waals surface area contributed by atoms with E-state index in [0.717, 1.165) is 72.6 Å². The number of likely N-dealkylation sites (tertiary alicyclic amines) is 1. The van der Waals surface area contributed by atoms with E-state index in [1.54, 1.807) is 6.20 Å². The van der Waals surface area contributed by atoms with Crippen LogP contribution in [0.3, 0.4) is 0 Å². The Kier molecular flexibility index (Phi) is 8.25. The lowest BCUT2D eigenvalue weighted by molar-refractivity contribution is -0.117. The average molecular weight is 566 g/mol. The molecule has 0 radical (unpaired) electrons. The van der Waals surface area contributed by atoms with Gasteiger partial charge in [-0.3, -0.25) is 19.5 Å². The fourth-order valence-electron chi connectivity index (χ4n) is 5.68. The van der Waals surface area contributed by atoms with E-state index in [2.05, 4.69) is 48.0 Å². The number of pyridine rings is 2. The van der Waals surface area contributed by atoms with Gasteiger partial charge < -0.3 is 25.3 Å². The minimum atomic E-state index is -0.258. The number of ether oxygens (including phenoxy) is 1. The number of carbonyl (C=O) groups excluding carboxylic acids is 2. The molecule has 1 atom stereocenters. The number of piperidine rings is 1. The van der Waals surface area contributed by atoms with Gasteiger partial charge in [-0.15, -0.1) is 0 Å². The predicted molar refractivity (Wildman–Crippen MR) is 163 cm³/mol. The van der Waals surface area contributed by atoms with Crippen LogP contribution in [0.1, 0.15) is 28.9 Å². The number of fused-ring (bicyclic) bond motifs is 1. The number of amides is 2. The number of aromatic nitrogens is 3. The third-order valence-electron chi connectivity index (χ3n) is 7.79. The molecule has 42 heavy (non-hydrogen) atoms. The Morgan fingerprint density at radius 2 is 1.86 bits per heavy atom. The van der Waals surface area contributed by atoms with Gasteiger partial charge in [0.2, 0.25) is 5.91 Å². The molecule has 6 rings (SSSR count). The van der Waals surface area contributed by atoms with Crippen LogP contribution >= 0.6 is 0 Å². The highest BCUT2D eigenvalue weighted by molar-refractivity contribution is 6.03. The van der Waals surface area contributed by atoms with Crippen molar-refractivity contribution in [1.82, 2.24) is 25.2 Å². The van der Waals surface area contributed by atoms with Crippen LogP contribution in [0.25, 0.3) is 22.2 Å². The lowest BCUT2D eigenvalue weighted by atomic mass is 10.0. The molecule has 10 nitrogen and oxygen atoms in total. The van der Waals surface area contributed by atoms with Gasteiger partial charge in [-0.25, -0.2) is 4.98 Å². The quantitative estimate of drug-likeness (QED) is 0.277. The zero-order chi connectivity index (χ0) is 28.9. The summed E-state index contributed by atoms with van der Waals surface area (Å²) >= 11 is 0. The summed E-state index contributed by atoms with van der Waals surface area (Å²) in [4.78, 5) is 41.8. The molecule has 2 aliphatic heterocycles. The van der Waals surface area contributed by atoms with Crippen LogP contribution in [0.2, 0.25) is 0 Å². The van der Waals surface area contributed by atoms with Gasteiger partial charge in [0.15, 0.2) is 0 Å². The summed E-state index contributed by atoms with van der Waals surface area (Å²) in [5.74, 6) is 0.567. The lowest BCUT2D eigenvalue weighted by Gasteiger charge is -2.33. The molecule has 0 bridgehead atoms. The SMILES string of the molecule is C=CC(=O)NC1CCCN(Cc2ccnc(C(=O)Nc3ccc(-c4cc5c(N6CCOCC6)nccc5[nH]4)cc3)c2)C1. The van der Waals surface area contributed by atoms with Gasteiger partial charge in [-0.1, -0.05) is 18.7 Å². The maximum absolute atomic E-state index is 13.1. The van der Waals surface area contributed by atoms with Crippen LogP contribution in [0, 0.1) is 0 Å². The number of nitrogens with zero attached hydrogens (tertiary/aromatic N) is 4. The van der Waals surface area contributed by atoms with Gasteiger partial charge in [0.25, 0.3) is 5.91 Å². The molecule has 10 heteroatoms. The summed E-state index contributed by atoms with van der Waals surface area (Å²) in [7, 11) is 0. The number of carbonyl (C=O) groups is 2. The molecule has 4 aromatic rings. The standard InChI is InChI=1S/C32H35N7O3/c1-2-30(40)35-25-4-3-13-38(21-25)20-22-9-11-33-29(18-22)32(41)36-24-7-5-23(6-8-24)28-19-26-27(37-28)10-12-34-31(26)39-14-16-42-17-15-39/h2,5-12,18-19,25,37H,1,3-4,13-17,20-21H2,(H,35,40)(H,36,41). The Morgan fingerprint density at radius 3 is 2.67 bits per heavy atom. The van der Waals surface area contributed by atoms with Gasteiger partial charge >= 0.3 is 0 Å². The number of benzene rings is 1. The first-order chi connectivity index (χ1) is 20.6. The number of H-pyrrole nitrogens is 1. The highest BCUT2D eigenvalue weighted by Crippen LogP contribution is 2.30. The summed E-state index contributed by atoms with van der Waals surface area (Å²) < 4.78 is 5.50. The Morgan fingerprint density at radius 1 is 1.05 bits per heavy atom. The molecule has 1 aromatic carbocycles. The number of aromatic amines is 1. The van der Waals surface area contributed by atoms with Crippen molar-refractivity contribution in [2.45, 2.75) is 25.4 Å². The van der Waals surface area contributed by atoms with Gasteiger partial charge in [-0.05, 0) is 73.0 Å². The second kappa shape index (κ2) is 12.5. The largest absolute Gasteiger partial charge is 0.378 e. The zero-order valence-electron chi connectivity index (χ0n) is 23.5. The molecular formula is C32H35N7O3. The molecule has 0 saturated carbocycles. The number of morpholine rings is 1. The van der Waals surface area contributed by atoms with Crippen LogP contribution in [0.5, 0.6) is 0 Å². The maximum Gasteiger partial charge on any atom is 0.274 e. The van der Waals surface area contributed by atoms with E-state index < -0.39 is 0 Å². The van der Waals surface area contributed by atoms with Gasteiger partial charge in [0.1, 0.15) is 11.5 Å². The van der Waals surface area contributed by atoms with Crippen molar-refractivity contribution in [3.63, 3.8) is 0 Å². The molecule has 1 unspecified atom stereocenters. The number of rotatable bonds is 8. The average Bonchev–Trinajstić information content (AvgIpc) is 3.47. The number of hydrogen-bond acceptors (Lipinski definition) is 7. The summed E-state index contributed by atoms with van der Waals surface area (Å²) in [6.07, 6.45) is 6.77. The highest BCUT2D eigenvalue weighted by Gasteiger charge is 2.21. The van der Waals surface area contributed by atoms with E-state index in [9.17, 15) is 9.59 Å². The van der Waals surface area contributed by atoms with Crippen molar-refractivity contribution in [1.29, 1.82) is 0 Å². The second-order valence-corrected chi connectivity index (χ2v) is 10.7. The molecule has 2 aliphatic rings. The molecule has 216 valence electrons. The molecular weight excluding hydrogens is 530 g/mol. The lowest BCUT2D eigenvalue weighted by Crippen LogP contribution is -2.46. The fraction of sp³-hybridized carbons (Fsp3) is 0.312. The molecule has 2 saturated heterocycles. The van der Waals surface area contributed by atoms with Gasteiger partial charge in [0.05, 0.1) is 18.7 Å². The van der Waals surface area contributed by atoms with E-state index in [-0.39, 0.29) is 17.9 Å².